The maximum absolute atomic E-state index is 11.0. The summed E-state index contributed by atoms with van der Waals surface area (Å²) in [7, 11) is 1.74. The lowest BCUT2D eigenvalue weighted by molar-refractivity contribution is -0.384. The molecule has 0 aliphatic heterocycles. The van der Waals surface area contributed by atoms with E-state index in [1.165, 1.54) is 12.8 Å². The van der Waals surface area contributed by atoms with Crippen LogP contribution < -0.4 is 5.32 Å². The fourth-order valence-electron chi connectivity index (χ4n) is 1.76. The van der Waals surface area contributed by atoms with E-state index in [1.54, 1.807) is 11.7 Å². The molecule has 1 saturated carbocycles. The predicted molar refractivity (Wildman–Crippen MR) is 60.5 cm³/mol. The van der Waals surface area contributed by atoms with Crippen LogP contribution in [-0.4, -0.2) is 21.2 Å². The molecule has 16 heavy (non-hydrogen) atoms. The Bertz CT molecular complexity index is 409. The third-order valence-electron chi connectivity index (χ3n) is 2.86. The van der Waals surface area contributed by atoms with E-state index in [0.29, 0.717) is 23.9 Å². The maximum Gasteiger partial charge on any atom is 0.333 e. The van der Waals surface area contributed by atoms with Gasteiger partial charge in [-0.05, 0) is 25.2 Å². The van der Waals surface area contributed by atoms with Crippen LogP contribution in [0.15, 0.2) is 0 Å². The van der Waals surface area contributed by atoms with Crippen LogP contribution in [-0.2, 0) is 13.5 Å². The Morgan fingerprint density at radius 2 is 2.31 bits per heavy atom. The molecule has 88 valence electrons. The number of hydrogen-bond acceptors (Lipinski definition) is 4. The number of anilines is 1. The average Bonchev–Trinajstić information content (AvgIpc) is 2.99. The molecule has 0 unspecified atom stereocenters. The number of rotatable bonds is 5. The number of nitro groups is 1. The summed E-state index contributed by atoms with van der Waals surface area (Å²) in [6, 6.07) is 0. The van der Waals surface area contributed by atoms with Gasteiger partial charge in [0.2, 0.25) is 5.82 Å². The van der Waals surface area contributed by atoms with Gasteiger partial charge in [-0.15, -0.1) is 0 Å². The highest BCUT2D eigenvalue weighted by Gasteiger charge is 2.27. The van der Waals surface area contributed by atoms with Crippen molar-refractivity contribution < 1.29 is 4.92 Å². The van der Waals surface area contributed by atoms with E-state index < -0.39 is 0 Å². The number of nitrogens with zero attached hydrogens (tertiary/aromatic N) is 3. The number of aryl methyl sites for hydroxylation is 2. The van der Waals surface area contributed by atoms with Crippen LogP contribution in [0, 0.1) is 16.0 Å². The molecule has 0 saturated heterocycles. The van der Waals surface area contributed by atoms with Crippen molar-refractivity contribution in [2.24, 2.45) is 13.0 Å². The van der Waals surface area contributed by atoms with Crippen molar-refractivity contribution in [2.45, 2.75) is 26.2 Å². The number of nitrogens with one attached hydrogen (secondary N) is 1. The van der Waals surface area contributed by atoms with Gasteiger partial charge in [-0.3, -0.25) is 10.1 Å². The fourth-order valence-corrected chi connectivity index (χ4v) is 1.76. The Morgan fingerprint density at radius 1 is 1.62 bits per heavy atom. The first-order valence-electron chi connectivity index (χ1n) is 5.57. The Kier molecular flexibility index (Phi) is 2.80. The molecule has 1 aliphatic rings. The summed E-state index contributed by atoms with van der Waals surface area (Å²) in [5.74, 6) is 1.22. The molecule has 1 aliphatic carbocycles. The lowest BCUT2D eigenvalue weighted by Gasteiger charge is -2.04. The molecule has 2 rings (SSSR count). The Balaban J connectivity index is 2.24. The number of hydrogen-bond donors (Lipinski definition) is 1. The first-order chi connectivity index (χ1) is 7.63. The van der Waals surface area contributed by atoms with Crippen LogP contribution in [0.5, 0.6) is 0 Å². The van der Waals surface area contributed by atoms with E-state index in [2.05, 4.69) is 10.4 Å². The molecule has 1 N–H and O–H groups in total. The largest absolute Gasteiger partial charge is 0.364 e. The third kappa shape index (κ3) is 2.00. The molecular formula is C10H16N4O2. The van der Waals surface area contributed by atoms with E-state index in [4.69, 9.17) is 0 Å². The second kappa shape index (κ2) is 4.11. The quantitative estimate of drug-likeness (QED) is 0.610. The number of aromatic nitrogens is 2. The van der Waals surface area contributed by atoms with Gasteiger partial charge in [-0.25, -0.2) is 4.68 Å². The summed E-state index contributed by atoms with van der Waals surface area (Å²) in [5.41, 5.74) is 0.677. The van der Waals surface area contributed by atoms with Gasteiger partial charge in [0.15, 0.2) is 0 Å². The topological polar surface area (TPSA) is 73.0 Å². The van der Waals surface area contributed by atoms with E-state index >= 15 is 0 Å². The van der Waals surface area contributed by atoms with Crippen LogP contribution in [0.25, 0.3) is 0 Å². The minimum Gasteiger partial charge on any atom is -0.364 e. The van der Waals surface area contributed by atoms with Crippen molar-refractivity contribution in [3.63, 3.8) is 0 Å². The van der Waals surface area contributed by atoms with E-state index in [0.717, 1.165) is 6.54 Å². The van der Waals surface area contributed by atoms with E-state index in [9.17, 15) is 10.1 Å². The highest BCUT2D eigenvalue weighted by molar-refractivity contribution is 5.59. The molecule has 1 heterocycles. The fraction of sp³-hybridized carbons (Fsp3) is 0.700. The second-order valence-electron chi connectivity index (χ2n) is 4.20. The van der Waals surface area contributed by atoms with Gasteiger partial charge in [-0.2, -0.15) is 5.10 Å². The van der Waals surface area contributed by atoms with Crippen LogP contribution >= 0.6 is 0 Å². The van der Waals surface area contributed by atoms with Gasteiger partial charge in [-0.1, -0.05) is 6.92 Å². The SMILES string of the molecule is CCc1nn(C)c(NCC2CC2)c1[N+](=O)[O-]. The van der Waals surface area contributed by atoms with Crippen molar-refractivity contribution in [3.05, 3.63) is 15.8 Å². The molecule has 6 nitrogen and oxygen atoms in total. The molecule has 0 bridgehead atoms. The van der Waals surface area contributed by atoms with Crippen molar-refractivity contribution in [1.29, 1.82) is 0 Å². The third-order valence-corrected chi connectivity index (χ3v) is 2.86. The zero-order chi connectivity index (χ0) is 11.7. The molecule has 1 fully saturated rings. The Labute approximate surface area is 93.8 Å². The van der Waals surface area contributed by atoms with Crippen LogP contribution in [0.2, 0.25) is 0 Å². The Hall–Kier alpha value is -1.59. The molecule has 0 radical (unpaired) electrons. The van der Waals surface area contributed by atoms with Gasteiger partial charge in [0.25, 0.3) is 0 Å². The van der Waals surface area contributed by atoms with Crippen molar-refractivity contribution in [3.8, 4) is 0 Å². The molecule has 0 aromatic carbocycles. The van der Waals surface area contributed by atoms with Gasteiger partial charge in [0, 0.05) is 13.6 Å². The molecule has 0 amide bonds. The van der Waals surface area contributed by atoms with Gasteiger partial charge in [0.05, 0.1) is 4.92 Å². The zero-order valence-electron chi connectivity index (χ0n) is 9.56. The zero-order valence-corrected chi connectivity index (χ0v) is 9.56. The summed E-state index contributed by atoms with van der Waals surface area (Å²) >= 11 is 0. The summed E-state index contributed by atoms with van der Waals surface area (Å²) < 4.78 is 1.57. The minimum absolute atomic E-state index is 0.130. The lowest BCUT2D eigenvalue weighted by atomic mass is 10.3. The Morgan fingerprint density at radius 3 is 2.81 bits per heavy atom. The molecule has 1 aromatic rings. The molecule has 0 atom stereocenters. The highest BCUT2D eigenvalue weighted by atomic mass is 16.6. The van der Waals surface area contributed by atoms with Crippen LogP contribution in [0.4, 0.5) is 11.5 Å². The predicted octanol–water partition coefficient (Wildman–Crippen LogP) is 1.71. The van der Waals surface area contributed by atoms with Crippen LogP contribution in [0.1, 0.15) is 25.5 Å². The summed E-state index contributed by atoms with van der Waals surface area (Å²) in [6.07, 6.45) is 3.02. The molecule has 1 aromatic heterocycles. The molecule has 6 heteroatoms. The van der Waals surface area contributed by atoms with Gasteiger partial charge in [0.1, 0.15) is 5.69 Å². The summed E-state index contributed by atoms with van der Waals surface area (Å²) in [4.78, 5) is 10.6. The molecule has 0 spiro atoms. The first kappa shape index (κ1) is 10.9. The van der Waals surface area contributed by atoms with Crippen molar-refractivity contribution >= 4 is 11.5 Å². The van der Waals surface area contributed by atoms with Crippen LogP contribution in [0.3, 0.4) is 0 Å². The monoisotopic (exact) mass is 224 g/mol. The summed E-state index contributed by atoms with van der Waals surface area (Å²) in [6.45, 7) is 2.68. The maximum atomic E-state index is 11.0. The van der Waals surface area contributed by atoms with Gasteiger partial charge < -0.3 is 5.32 Å². The smallest absolute Gasteiger partial charge is 0.333 e. The van der Waals surface area contributed by atoms with Crippen molar-refractivity contribution in [1.82, 2.24) is 9.78 Å². The highest BCUT2D eigenvalue weighted by Crippen LogP contribution is 2.32. The average molecular weight is 224 g/mol. The minimum atomic E-state index is -0.346. The molecular weight excluding hydrogens is 208 g/mol. The van der Waals surface area contributed by atoms with E-state index in [-0.39, 0.29) is 10.6 Å². The second-order valence-corrected chi connectivity index (χ2v) is 4.20. The lowest BCUT2D eigenvalue weighted by Crippen LogP contribution is -2.09. The van der Waals surface area contributed by atoms with Crippen molar-refractivity contribution in [2.75, 3.05) is 11.9 Å². The first-order valence-corrected chi connectivity index (χ1v) is 5.57. The normalized spacial score (nSPS) is 15.1. The standard InChI is InChI=1S/C10H16N4O2/c1-3-8-9(14(15)16)10(13(2)12-8)11-6-7-4-5-7/h7,11H,3-6H2,1-2H3. The summed E-state index contributed by atoms with van der Waals surface area (Å²) in [5, 5.41) is 18.3. The van der Waals surface area contributed by atoms with Gasteiger partial charge >= 0.3 is 5.69 Å². The van der Waals surface area contributed by atoms with E-state index in [1.807, 2.05) is 6.92 Å².